The topological polar surface area (TPSA) is 94.0 Å². The minimum atomic E-state index is -0.480. The lowest BCUT2D eigenvalue weighted by atomic mass is 10.1. The number of hydrogen-bond acceptors (Lipinski definition) is 4. The van der Waals surface area contributed by atoms with Crippen molar-refractivity contribution in [3.8, 4) is 6.07 Å². The van der Waals surface area contributed by atoms with Crippen molar-refractivity contribution in [2.24, 2.45) is 0 Å². The van der Waals surface area contributed by atoms with E-state index < -0.39 is 6.04 Å². The highest BCUT2D eigenvalue weighted by Crippen LogP contribution is 2.20. The number of nitrogens with one attached hydrogen (secondary N) is 3. The summed E-state index contributed by atoms with van der Waals surface area (Å²) in [4.78, 5) is 24.3. The number of amides is 2. The third-order valence-electron chi connectivity index (χ3n) is 4.10. The first-order chi connectivity index (χ1) is 12.5. The lowest BCUT2D eigenvalue weighted by molar-refractivity contribution is -0.116. The Bertz CT molecular complexity index is 851. The Morgan fingerprint density at radius 3 is 2.50 bits per heavy atom. The summed E-state index contributed by atoms with van der Waals surface area (Å²) >= 11 is 0. The number of carbonyl (C=O) groups is 2. The summed E-state index contributed by atoms with van der Waals surface area (Å²) in [6.07, 6.45) is 2.10. The van der Waals surface area contributed by atoms with Crippen LogP contribution in [-0.4, -0.2) is 23.9 Å². The van der Waals surface area contributed by atoms with Crippen LogP contribution in [0.25, 0.3) is 0 Å². The summed E-state index contributed by atoms with van der Waals surface area (Å²) in [5, 5.41) is 17.7. The van der Waals surface area contributed by atoms with Gasteiger partial charge >= 0.3 is 0 Å². The summed E-state index contributed by atoms with van der Waals surface area (Å²) in [5.74, 6) is -0.280. The van der Waals surface area contributed by atoms with Crippen LogP contribution in [0.15, 0.2) is 48.5 Å². The van der Waals surface area contributed by atoms with Crippen molar-refractivity contribution in [3.63, 3.8) is 0 Å². The van der Waals surface area contributed by atoms with E-state index in [0.717, 1.165) is 18.5 Å². The second kappa shape index (κ2) is 7.70. The summed E-state index contributed by atoms with van der Waals surface area (Å²) in [6.45, 7) is 1.75. The number of hydrogen-bond donors (Lipinski definition) is 3. The van der Waals surface area contributed by atoms with Crippen LogP contribution in [0.4, 0.5) is 11.4 Å². The first kappa shape index (κ1) is 17.5. The number of nitrogens with zero attached hydrogens (tertiary/aromatic N) is 1. The van der Waals surface area contributed by atoms with Crippen molar-refractivity contribution in [1.29, 1.82) is 5.26 Å². The lowest BCUT2D eigenvalue weighted by Gasteiger charge is -2.15. The number of nitriles is 1. The monoisotopic (exact) mass is 348 g/mol. The molecule has 26 heavy (non-hydrogen) atoms. The van der Waals surface area contributed by atoms with Gasteiger partial charge in [-0.05, 0) is 62.2 Å². The molecule has 0 spiro atoms. The molecule has 3 rings (SSSR count). The maximum atomic E-state index is 12.3. The smallest absolute Gasteiger partial charge is 0.251 e. The molecule has 2 aromatic rings. The first-order valence-corrected chi connectivity index (χ1v) is 8.53. The van der Waals surface area contributed by atoms with Gasteiger partial charge in [-0.2, -0.15) is 5.26 Å². The average molecular weight is 348 g/mol. The highest BCUT2D eigenvalue weighted by Gasteiger charge is 2.23. The molecule has 0 saturated heterocycles. The van der Waals surface area contributed by atoms with E-state index in [9.17, 15) is 9.59 Å². The highest BCUT2D eigenvalue weighted by molar-refractivity contribution is 5.97. The van der Waals surface area contributed by atoms with Gasteiger partial charge in [-0.25, -0.2) is 0 Å². The molecule has 132 valence electrons. The highest BCUT2D eigenvalue weighted by atomic mass is 16.2. The van der Waals surface area contributed by atoms with E-state index in [1.165, 1.54) is 0 Å². The molecular weight excluding hydrogens is 328 g/mol. The Morgan fingerprint density at radius 2 is 1.85 bits per heavy atom. The molecule has 1 fully saturated rings. The summed E-state index contributed by atoms with van der Waals surface area (Å²) in [7, 11) is 0. The van der Waals surface area contributed by atoms with Crippen LogP contribution in [0.3, 0.4) is 0 Å². The zero-order valence-electron chi connectivity index (χ0n) is 14.5. The lowest BCUT2D eigenvalue weighted by Crippen LogP contribution is -2.32. The number of rotatable bonds is 6. The van der Waals surface area contributed by atoms with Gasteiger partial charge in [0.15, 0.2) is 0 Å². The predicted molar refractivity (Wildman–Crippen MR) is 99.8 cm³/mol. The van der Waals surface area contributed by atoms with Gasteiger partial charge in [0.2, 0.25) is 5.91 Å². The molecule has 1 aliphatic rings. The molecule has 0 radical (unpaired) electrons. The molecular formula is C20H20N4O2. The molecule has 1 atom stereocenters. The van der Waals surface area contributed by atoms with Crippen LogP contribution < -0.4 is 16.0 Å². The van der Waals surface area contributed by atoms with Crippen molar-refractivity contribution >= 4 is 23.2 Å². The van der Waals surface area contributed by atoms with Crippen LogP contribution in [0.5, 0.6) is 0 Å². The minimum absolute atomic E-state index is 0.0674. The van der Waals surface area contributed by atoms with Crippen LogP contribution >= 0.6 is 0 Å². The average Bonchev–Trinajstić information content (AvgIpc) is 3.46. The van der Waals surface area contributed by atoms with Crippen molar-refractivity contribution < 1.29 is 9.59 Å². The zero-order valence-corrected chi connectivity index (χ0v) is 14.5. The predicted octanol–water partition coefficient (Wildman–Crippen LogP) is 2.89. The maximum absolute atomic E-state index is 12.3. The fourth-order valence-electron chi connectivity index (χ4n) is 2.45. The molecule has 0 aromatic heterocycles. The third-order valence-corrected chi connectivity index (χ3v) is 4.10. The van der Waals surface area contributed by atoms with Gasteiger partial charge in [0.25, 0.3) is 5.91 Å². The van der Waals surface area contributed by atoms with Gasteiger partial charge in [-0.1, -0.05) is 6.07 Å². The third kappa shape index (κ3) is 4.61. The van der Waals surface area contributed by atoms with Crippen molar-refractivity contribution in [2.45, 2.75) is 31.8 Å². The Kier molecular flexibility index (Phi) is 5.18. The summed E-state index contributed by atoms with van der Waals surface area (Å²) in [5.41, 5.74) is 2.42. The van der Waals surface area contributed by atoms with Gasteiger partial charge in [-0.3, -0.25) is 9.59 Å². The van der Waals surface area contributed by atoms with E-state index in [1.54, 1.807) is 55.5 Å². The van der Waals surface area contributed by atoms with Gasteiger partial charge < -0.3 is 16.0 Å². The van der Waals surface area contributed by atoms with Crippen LogP contribution in [-0.2, 0) is 4.79 Å². The molecule has 6 nitrogen and oxygen atoms in total. The Labute approximate surface area is 152 Å². The number of carbonyl (C=O) groups excluding carboxylic acids is 2. The fraction of sp³-hybridized carbons (Fsp3) is 0.250. The molecule has 0 bridgehead atoms. The zero-order chi connectivity index (χ0) is 18.5. The van der Waals surface area contributed by atoms with Crippen molar-refractivity contribution in [1.82, 2.24) is 5.32 Å². The van der Waals surface area contributed by atoms with Gasteiger partial charge in [0, 0.05) is 23.0 Å². The van der Waals surface area contributed by atoms with E-state index in [-0.39, 0.29) is 11.8 Å². The molecule has 6 heteroatoms. The van der Waals surface area contributed by atoms with Gasteiger partial charge in [-0.15, -0.1) is 0 Å². The van der Waals surface area contributed by atoms with Crippen LogP contribution in [0.2, 0.25) is 0 Å². The van der Waals surface area contributed by atoms with E-state index in [0.29, 0.717) is 22.9 Å². The number of benzene rings is 2. The second-order valence-corrected chi connectivity index (χ2v) is 6.37. The maximum Gasteiger partial charge on any atom is 0.251 e. The standard InChI is InChI=1S/C20H20N4O2/c1-13(19(25)24-18-4-2-3-14(11-18)12-21)22-16-7-5-15(6-8-16)20(26)23-17-9-10-17/h2-8,11,13,17,22H,9-10H2,1H3,(H,23,26)(H,24,25). The first-order valence-electron chi connectivity index (χ1n) is 8.53. The molecule has 1 aliphatic carbocycles. The molecule has 2 aromatic carbocycles. The molecule has 1 saturated carbocycles. The van der Waals surface area contributed by atoms with Crippen molar-refractivity contribution in [2.75, 3.05) is 10.6 Å². The van der Waals surface area contributed by atoms with Crippen LogP contribution in [0, 0.1) is 11.3 Å². The van der Waals surface area contributed by atoms with E-state index >= 15 is 0 Å². The second-order valence-electron chi connectivity index (χ2n) is 6.37. The van der Waals surface area contributed by atoms with E-state index in [1.807, 2.05) is 6.07 Å². The molecule has 0 aliphatic heterocycles. The molecule has 2 amide bonds. The Balaban J connectivity index is 1.56. The normalized spacial score (nSPS) is 14.0. The Morgan fingerprint density at radius 1 is 1.12 bits per heavy atom. The van der Waals surface area contributed by atoms with Gasteiger partial charge in [0.05, 0.1) is 11.6 Å². The SMILES string of the molecule is CC(Nc1ccc(C(=O)NC2CC2)cc1)C(=O)Nc1cccc(C#N)c1. The largest absolute Gasteiger partial charge is 0.374 e. The Hall–Kier alpha value is -3.33. The molecule has 0 heterocycles. The summed E-state index contributed by atoms with van der Waals surface area (Å²) in [6, 6.07) is 15.7. The quantitative estimate of drug-likeness (QED) is 0.748. The van der Waals surface area contributed by atoms with E-state index in [4.69, 9.17) is 5.26 Å². The fourth-order valence-corrected chi connectivity index (χ4v) is 2.45. The minimum Gasteiger partial charge on any atom is -0.374 e. The molecule has 3 N–H and O–H groups in total. The van der Waals surface area contributed by atoms with Crippen LogP contribution in [0.1, 0.15) is 35.7 Å². The van der Waals surface area contributed by atoms with Gasteiger partial charge in [0.1, 0.15) is 6.04 Å². The number of anilines is 2. The summed E-state index contributed by atoms with van der Waals surface area (Å²) < 4.78 is 0. The molecule has 1 unspecified atom stereocenters. The van der Waals surface area contributed by atoms with Crippen molar-refractivity contribution in [3.05, 3.63) is 59.7 Å². The van der Waals surface area contributed by atoms with E-state index in [2.05, 4.69) is 16.0 Å².